The minimum absolute atomic E-state index is 0.155. The Balaban J connectivity index is 1.70. The highest BCUT2D eigenvalue weighted by Crippen LogP contribution is 2.19. The van der Waals surface area contributed by atoms with Crippen molar-refractivity contribution in [3.63, 3.8) is 0 Å². The Morgan fingerprint density at radius 3 is 2.41 bits per heavy atom. The first-order chi connectivity index (χ1) is 14.1. The lowest BCUT2D eigenvalue weighted by Gasteiger charge is -2.30. The van der Waals surface area contributed by atoms with Crippen LogP contribution >= 0.6 is 15.9 Å². The summed E-state index contributed by atoms with van der Waals surface area (Å²) in [5.74, 6) is 0. The maximum absolute atomic E-state index is 13.3. The number of nitrogens with zero attached hydrogens (tertiary/aromatic N) is 3. The number of hydrogen-bond donors (Lipinski definition) is 0. The monoisotopic (exact) mass is 453 g/mol. The second-order valence-electron chi connectivity index (χ2n) is 7.42. The van der Waals surface area contributed by atoms with Gasteiger partial charge in [-0.2, -0.15) is 0 Å². The maximum Gasteiger partial charge on any atom is 0.331 e. The summed E-state index contributed by atoms with van der Waals surface area (Å²) in [5.41, 5.74) is 3.45. The Labute approximate surface area is 178 Å². The zero-order valence-corrected chi connectivity index (χ0v) is 18.1. The molecule has 1 aromatic heterocycles. The van der Waals surface area contributed by atoms with Gasteiger partial charge in [0.25, 0.3) is 5.56 Å². The third-order valence-corrected chi connectivity index (χ3v) is 5.97. The molecule has 5 nitrogen and oxygen atoms in total. The van der Waals surface area contributed by atoms with Crippen LogP contribution < -0.4 is 11.2 Å². The summed E-state index contributed by atoms with van der Waals surface area (Å²) in [6, 6.07) is 17.9. The molecule has 4 rings (SSSR count). The molecule has 1 aliphatic heterocycles. The highest BCUT2D eigenvalue weighted by Gasteiger charge is 2.25. The number of aromatic nitrogens is 2. The summed E-state index contributed by atoms with van der Waals surface area (Å²) >= 11 is 3.52. The molecule has 150 valence electrons. The van der Waals surface area contributed by atoms with Gasteiger partial charge < -0.3 is 0 Å². The van der Waals surface area contributed by atoms with E-state index in [2.05, 4.69) is 33.0 Å². The van der Waals surface area contributed by atoms with E-state index in [0.717, 1.165) is 34.4 Å². The highest BCUT2D eigenvalue weighted by atomic mass is 79.9. The number of rotatable bonds is 5. The molecule has 0 spiro atoms. The van der Waals surface area contributed by atoms with E-state index in [-0.39, 0.29) is 11.2 Å². The SMILES string of the molecule is CCn1c2c(c(=O)n(Cc3ccccc3)c1=O)CN(Cc1cccc(Br)c1)CC2. The van der Waals surface area contributed by atoms with Crippen LogP contribution in [0.4, 0.5) is 0 Å². The lowest BCUT2D eigenvalue weighted by molar-refractivity contribution is 0.236. The summed E-state index contributed by atoms with van der Waals surface area (Å²) in [7, 11) is 0. The molecule has 2 aromatic carbocycles. The molecule has 1 aliphatic rings. The van der Waals surface area contributed by atoms with E-state index in [1.807, 2.05) is 49.4 Å². The van der Waals surface area contributed by atoms with E-state index in [1.165, 1.54) is 10.1 Å². The second kappa shape index (κ2) is 8.51. The smallest absolute Gasteiger partial charge is 0.297 e. The molecule has 6 heteroatoms. The fourth-order valence-electron chi connectivity index (χ4n) is 4.07. The number of halogens is 1. The Hall–Kier alpha value is -2.44. The van der Waals surface area contributed by atoms with Crippen molar-refractivity contribution >= 4 is 15.9 Å². The van der Waals surface area contributed by atoms with Crippen molar-refractivity contribution in [3.8, 4) is 0 Å². The van der Waals surface area contributed by atoms with E-state index < -0.39 is 0 Å². The Kier molecular flexibility index (Phi) is 5.83. The first-order valence-electron chi connectivity index (χ1n) is 9.93. The molecule has 0 fully saturated rings. The fourth-order valence-corrected chi connectivity index (χ4v) is 4.52. The minimum Gasteiger partial charge on any atom is -0.297 e. The fraction of sp³-hybridized carbons (Fsp3) is 0.304. The Morgan fingerprint density at radius 2 is 1.69 bits per heavy atom. The Bertz CT molecular complexity index is 1140. The van der Waals surface area contributed by atoms with Crippen molar-refractivity contribution < 1.29 is 0 Å². The van der Waals surface area contributed by atoms with Gasteiger partial charge in [0.1, 0.15) is 0 Å². The molecular weight excluding hydrogens is 430 g/mol. The average Bonchev–Trinajstić information content (AvgIpc) is 2.73. The first-order valence-corrected chi connectivity index (χ1v) is 10.7. The molecular formula is C23H24BrN3O2. The van der Waals surface area contributed by atoms with Crippen LogP contribution in [0.15, 0.2) is 68.7 Å². The molecule has 0 N–H and O–H groups in total. The predicted octanol–water partition coefficient (Wildman–Crippen LogP) is 3.40. The van der Waals surface area contributed by atoms with Gasteiger partial charge in [0, 0.05) is 42.8 Å². The van der Waals surface area contributed by atoms with Gasteiger partial charge in [-0.25, -0.2) is 4.79 Å². The van der Waals surface area contributed by atoms with Crippen LogP contribution in [0, 0.1) is 0 Å². The highest BCUT2D eigenvalue weighted by molar-refractivity contribution is 9.10. The normalized spacial score (nSPS) is 14.0. The van der Waals surface area contributed by atoms with Crippen molar-refractivity contribution in [2.24, 2.45) is 0 Å². The maximum atomic E-state index is 13.3. The third kappa shape index (κ3) is 4.14. The van der Waals surface area contributed by atoms with Crippen molar-refractivity contribution in [3.05, 3.63) is 102 Å². The van der Waals surface area contributed by atoms with Crippen LogP contribution in [0.5, 0.6) is 0 Å². The number of hydrogen-bond acceptors (Lipinski definition) is 3. The van der Waals surface area contributed by atoms with Crippen molar-refractivity contribution in [1.82, 2.24) is 14.0 Å². The zero-order valence-electron chi connectivity index (χ0n) is 16.5. The molecule has 0 saturated heterocycles. The number of fused-ring (bicyclic) bond motifs is 1. The van der Waals surface area contributed by atoms with E-state index in [4.69, 9.17) is 0 Å². The van der Waals surface area contributed by atoms with Gasteiger partial charge in [-0.05, 0) is 30.2 Å². The molecule has 2 heterocycles. The third-order valence-electron chi connectivity index (χ3n) is 5.48. The van der Waals surface area contributed by atoms with Crippen molar-refractivity contribution in [2.45, 2.75) is 39.5 Å². The molecule has 0 radical (unpaired) electrons. The van der Waals surface area contributed by atoms with Gasteiger partial charge >= 0.3 is 5.69 Å². The van der Waals surface area contributed by atoms with E-state index in [1.54, 1.807) is 4.57 Å². The van der Waals surface area contributed by atoms with E-state index in [0.29, 0.717) is 26.1 Å². The Morgan fingerprint density at radius 1 is 0.931 bits per heavy atom. The topological polar surface area (TPSA) is 47.2 Å². The molecule has 0 amide bonds. The van der Waals surface area contributed by atoms with Crippen molar-refractivity contribution in [2.75, 3.05) is 6.54 Å². The van der Waals surface area contributed by atoms with Crippen LogP contribution in [0.2, 0.25) is 0 Å². The summed E-state index contributed by atoms with van der Waals surface area (Å²) < 4.78 is 4.22. The van der Waals surface area contributed by atoms with Crippen LogP contribution in [0.3, 0.4) is 0 Å². The van der Waals surface area contributed by atoms with Crippen LogP contribution in [0.25, 0.3) is 0 Å². The van der Waals surface area contributed by atoms with Crippen LogP contribution in [-0.2, 0) is 32.6 Å². The standard InChI is InChI=1S/C23H24BrN3O2/c1-2-26-21-11-12-25(14-18-9-6-10-19(24)13-18)16-20(21)22(28)27(23(26)29)15-17-7-4-3-5-8-17/h3-10,13H,2,11-12,14-16H2,1H3. The van der Waals surface area contributed by atoms with E-state index in [9.17, 15) is 9.59 Å². The predicted molar refractivity (Wildman–Crippen MR) is 118 cm³/mol. The molecule has 29 heavy (non-hydrogen) atoms. The lowest BCUT2D eigenvalue weighted by atomic mass is 10.0. The summed E-state index contributed by atoms with van der Waals surface area (Å²) in [6.07, 6.45) is 0.716. The van der Waals surface area contributed by atoms with Gasteiger partial charge in [-0.1, -0.05) is 58.4 Å². The lowest BCUT2D eigenvalue weighted by Crippen LogP contribution is -2.47. The van der Waals surface area contributed by atoms with Crippen molar-refractivity contribution in [1.29, 1.82) is 0 Å². The van der Waals surface area contributed by atoms with Gasteiger partial charge in [0.05, 0.1) is 12.1 Å². The number of benzene rings is 2. The minimum atomic E-state index is -0.208. The average molecular weight is 454 g/mol. The van der Waals surface area contributed by atoms with Crippen LogP contribution in [-0.4, -0.2) is 20.6 Å². The van der Waals surface area contributed by atoms with Gasteiger partial charge in [-0.3, -0.25) is 18.8 Å². The largest absolute Gasteiger partial charge is 0.331 e. The van der Waals surface area contributed by atoms with Gasteiger partial charge in [0.2, 0.25) is 0 Å². The van der Waals surface area contributed by atoms with Gasteiger partial charge in [0.15, 0.2) is 0 Å². The zero-order chi connectivity index (χ0) is 20.4. The van der Waals surface area contributed by atoms with Crippen LogP contribution in [0.1, 0.15) is 29.3 Å². The molecule has 3 aromatic rings. The summed E-state index contributed by atoms with van der Waals surface area (Å²) in [4.78, 5) is 28.6. The summed E-state index contributed by atoms with van der Waals surface area (Å²) in [6.45, 7) is 5.02. The summed E-state index contributed by atoms with van der Waals surface area (Å²) in [5, 5.41) is 0. The molecule has 0 bridgehead atoms. The van der Waals surface area contributed by atoms with E-state index >= 15 is 0 Å². The quantitative estimate of drug-likeness (QED) is 0.594. The molecule has 0 unspecified atom stereocenters. The van der Waals surface area contributed by atoms with Gasteiger partial charge in [-0.15, -0.1) is 0 Å². The second-order valence-corrected chi connectivity index (χ2v) is 8.34. The molecule has 0 saturated carbocycles. The molecule has 0 aliphatic carbocycles. The first kappa shape index (κ1) is 19.9. The molecule has 0 atom stereocenters.